The summed E-state index contributed by atoms with van der Waals surface area (Å²) >= 11 is 1.83. The lowest BCUT2D eigenvalue weighted by molar-refractivity contribution is 0.0953. The van der Waals surface area contributed by atoms with E-state index in [0.29, 0.717) is 5.25 Å². The number of carbonyl (C=O) groups excluding carboxylic acids is 1. The van der Waals surface area contributed by atoms with Crippen molar-refractivity contribution < 1.29 is 4.79 Å². The number of hydrogen-bond acceptors (Lipinski definition) is 3. The Morgan fingerprint density at radius 3 is 3.17 bits per heavy atom. The van der Waals surface area contributed by atoms with Crippen LogP contribution in [0.2, 0.25) is 0 Å². The van der Waals surface area contributed by atoms with Gasteiger partial charge in [0.25, 0.3) is 5.91 Å². The van der Waals surface area contributed by atoms with Gasteiger partial charge in [-0.2, -0.15) is 11.8 Å². The molecule has 18 heavy (non-hydrogen) atoms. The molecule has 0 saturated carbocycles. The third kappa shape index (κ3) is 3.19. The molecule has 1 heterocycles. The summed E-state index contributed by atoms with van der Waals surface area (Å²) in [4.78, 5) is 12.0. The number of rotatable bonds is 5. The van der Waals surface area contributed by atoms with Gasteiger partial charge in [0, 0.05) is 29.6 Å². The number of amides is 1. The van der Waals surface area contributed by atoms with Crippen LogP contribution in [0.5, 0.6) is 0 Å². The van der Waals surface area contributed by atoms with E-state index in [0.717, 1.165) is 31.5 Å². The Kier molecular flexibility index (Phi) is 4.53. The summed E-state index contributed by atoms with van der Waals surface area (Å²) in [5.41, 5.74) is 3.19. The van der Waals surface area contributed by atoms with Gasteiger partial charge >= 0.3 is 0 Å². The topological polar surface area (TPSA) is 41.1 Å². The molecule has 1 aromatic rings. The highest BCUT2D eigenvalue weighted by Gasteiger charge is 2.13. The number of hydrogen-bond donors (Lipinski definition) is 2. The van der Waals surface area contributed by atoms with Crippen LogP contribution in [0.15, 0.2) is 18.2 Å². The van der Waals surface area contributed by atoms with E-state index in [1.54, 1.807) is 0 Å². The van der Waals surface area contributed by atoms with Gasteiger partial charge in [-0.25, -0.2) is 0 Å². The predicted molar refractivity (Wildman–Crippen MR) is 78.6 cm³/mol. The first-order valence-corrected chi connectivity index (χ1v) is 7.67. The summed E-state index contributed by atoms with van der Waals surface area (Å²) in [6, 6.07) is 5.90. The molecule has 0 fully saturated rings. The fourth-order valence-electron chi connectivity index (χ4n) is 2.05. The Hall–Kier alpha value is -1.16. The zero-order valence-electron chi connectivity index (χ0n) is 11.0. The number of benzene rings is 1. The Morgan fingerprint density at radius 2 is 2.39 bits per heavy atom. The van der Waals surface area contributed by atoms with Gasteiger partial charge in [0.1, 0.15) is 0 Å². The summed E-state index contributed by atoms with van der Waals surface area (Å²) in [6.45, 7) is 3.90. The zero-order chi connectivity index (χ0) is 13.0. The maximum atomic E-state index is 12.0. The normalized spacial score (nSPS) is 14.8. The second-order valence-electron chi connectivity index (χ2n) is 4.64. The van der Waals surface area contributed by atoms with Crippen LogP contribution in [-0.2, 0) is 6.42 Å². The van der Waals surface area contributed by atoms with Crippen molar-refractivity contribution in [3.05, 3.63) is 29.3 Å². The minimum atomic E-state index is 0.0398. The molecule has 1 aliphatic rings. The van der Waals surface area contributed by atoms with Crippen molar-refractivity contribution in [2.75, 3.05) is 24.7 Å². The Balaban J connectivity index is 1.89. The molecule has 3 nitrogen and oxygen atoms in total. The van der Waals surface area contributed by atoms with Crippen molar-refractivity contribution in [1.82, 2.24) is 5.32 Å². The average Bonchev–Trinajstić information content (AvgIpc) is 2.85. The molecule has 0 spiro atoms. The molecule has 1 amide bonds. The minimum absolute atomic E-state index is 0.0398. The third-order valence-electron chi connectivity index (χ3n) is 3.32. The first kappa shape index (κ1) is 13.3. The maximum absolute atomic E-state index is 12.0. The van der Waals surface area contributed by atoms with Crippen LogP contribution in [0.3, 0.4) is 0 Å². The molecule has 4 heteroatoms. The first-order chi connectivity index (χ1) is 8.70. The molecule has 0 bridgehead atoms. The maximum Gasteiger partial charge on any atom is 0.251 e. The molecule has 0 aromatic heterocycles. The predicted octanol–water partition coefficient (Wildman–Crippen LogP) is 2.53. The summed E-state index contributed by atoms with van der Waals surface area (Å²) in [6.07, 6.45) is 4.12. The fraction of sp³-hybridized carbons (Fsp3) is 0.500. The number of carbonyl (C=O) groups is 1. The second kappa shape index (κ2) is 6.14. The van der Waals surface area contributed by atoms with E-state index in [1.165, 1.54) is 11.3 Å². The summed E-state index contributed by atoms with van der Waals surface area (Å²) in [5, 5.41) is 6.87. The van der Waals surface area contributed by atoms with Gasteiger partial charge in [-0.1, -0.05) is 6.92 Å². The molecule has 1 aliphatic heterocycles. The molecule has 1 atom stereocenters. The first-order valence-electron chi connectivity index (χ1n) is 6.38. The van der Waals surface area contributed by atoms with Crippen LogP contribution in [0.25, 0.3) is 0 Å². The van der Waals surface area contributed by atoms with Gasteiger partial charge in [0.15, 0.2) is 0 Å². The van der Waals surface area contributed by atoms with E-state index < -0.39 is 0 Å². The Morgan fingerprint density at radius 1 is 1.56 bits per heavy atom. The molecular formula is C14H20N2OS. The van der Waals surface area contributed by atoms with Crippen LogP contribution in [0, 0.1) is 0 Å². The van der Waals surface area contributed by atoms with E-state index in [1.807, 2.05) is 30.0 Å². The number of nitrogens with one attached hydrogen (secondary N) is 2. The minimum Gasteiger partial charge on any atom is -0.384 e. The van der Waals surface area contributed by atoms with E-state index in [4.69, 9.17) is 0 Å². The Bertz CT molecular complexity index is 434. The lowest BCUT2D eigenvalue weighted by Crippen LogP contribution is -2.26. The molecule has 2 N–H and O–H groups in total. The Labute approximate surface area is 113 Å². The third-order valence-corrected chi connectivity index (χ3v) is 4.36. The fourth-order valence-corrected chi connectivity index (χ4v) is 2.41. The molecule has 98 valence electrons. The average molecular weight is 264 g/mol. The smallest absolute Gasteiger partial charge is 0.251 e. The quantitative estimate of drug-likeness (QED) is 0.858. The SMILES string of the molecule is CSC(C)CCNC(=O)c1ccc2c(c1)CCN2. The van der Waals surface area contributed by atoms with Gasteiger partial charge in [-0.05, 0) is 42.9 Å². The molecule has 1 unspecified atom stereocenters. The van der Waals surface area contributed by atoms with Crippen LogP contribution in [-0.4, -0.2) is 30.5 Å². The van der Waals surface area contributed by atoms with E-state index in [2.05, 4.69) is 23.8 Å². The van der Waals surface area contributed by atoms with Gasteiger partial charge in [0.05, 0.1) is 0 Å². The number of thioether (sulfide) groups is 1. The molecule has 1 aromatic carbocycles. The van der Waals surface area contributed by atoms with Crippen LogP contribution < -0.4 is 10.6 Å². The lowest BCUT2D eigenvalue weighted by atomic mass is 10.1. The van der Waals surface area contributed by atoms with Crippen LogP contribution in [0.4, 0.5) is 5.69 Å². The highest BCUT2D eigenvalue weighted by atomic mass is 32.2. The monoisotopic (exact) mass is 264 g/mol. The lowest BCUT2D eigenvalue weighted by Gasteiger charge is -2.10. The van der Waals surface area contributed by atoms with Gasteiger partial charge in [0.2, 0.25) is 0 Å². The standard InChI is InChI=1S/C14H20N2OS/c1-10(18-2)5-7-16-14(17)12-3-4-13-11(9-12)6-8-15-13/h3-4,9-10,15H,5-8H2,1-2H3,(H,16,17). The summed E-state index contributed by atoms with van der Waals surface area (Å²) < 4.78 is 0. The molecular weight excluding hydrogens is 244 g/mol. The molecule has 0 saturated heterocycles. The van der Waals surface area contributed by atoms with E-state index in [-0.39, 0.29) is 5.91 Å². The van der Waals surface area contributed by atoms with Crippen molar-refractivity contribution in [3.8, 4) is 0 Å². The van der Waals surface area contributed by atoms with Gasteiger partial charge in [-0.3, -0.25) is 4.79 Å². The number of fused-ring (bicyclic) bond motifs is 1. The molecule has 2 rings (SSSR count). The van der Waals surface area contributed by atoms with Gasteiger partial charge < -0.3 is 10.6 Å². The van der Waals surface area contributed by atoms with Crippen molar-refractivity contribution in [1.29, 1.82) is 0 Å². The van der Waals surface area contributed by atoms with Crippen molar-refractivity contribution in [2.45, 2.75) is 25.0 Å². The largest absolute Gasteiger partial charge is 0.384 e. The second-order valence-corrected chi connectivity index (χ2v) is 5.92. The highest BCUT2D eigenvalue weighted by molar-refractivity contribution is 7.99. The van der Waals surface area contributed by atoms with Crippen molar-refractivity contribution >= 4 is 23.4 Å². The molecule has 0 radical (unpaired) electrons. The van der Waals surface area contributed by atoms with Crippen LogP contribution >= 0.6 is 11.8 Å². The number of anilines is 1. The van der Waals surface area contributed by atoms with E-state index in [9.17, 15) is 4.79 Å². The summed E-state index contributed by atoms with van der Waals surface area (Å²) in [5.74, 6) is 0.0398. The van der Waals surface area contributed by atoms with Crippen LogP contribution in [0.1, 0.15) is 29.3 Å². The van der Waals surface area contributed by atoms with E-state index >= 15 is 0 Å². The zero-order valence-corrected chi connectivity index (χ0v) is 11.8. The molecule has 0 aliphatic carbocycles. The van der Waals surface area contributed by atoms with Crippen molar-refractivity contribution in [2.24, 2.45) is 0 Å². The van der Waals surface area contributed by atoms with Gasteiger partial charge in [-0.15, -0.1) is 0 Å². The summed E-state index contributed by atoms with van der Waals surface area (Å²) in [7, 11) is 0. The highest BCUT2D eigenvalue weighted by Crippen LogP contribution is 2.22. The van der Waals surface area contributed by atoms with Crippen molar-refractivity contribution in [3.63, 3.8) is 0 Å².